The molecule has 0 saturated carbocycles. The zero-order valence-electron chi connectivity index (χ0n) is 11.5. The van der Waals surface area contributed by atoms with Gasteiger partial charge in [-0.05, 0) is 48.5 Å². The summed E-state index contributed by atoms with van der Waals surface area (Å²) in [6.45, 7) is 0. The molecule has 0 atom stereocenters. The van der Waals surface area contributed by atoms with Gasteiger partial charge in [-0.2, -0.15) is 0 Å². The molecule has 0 saturated heterocycles. The van der Waals surface area contributed by atoms with E-state index in [-0.39, 0.29) is 5.75 Å². The molecule has 0 fully saturated rings. The first-order valence-corrected chi connectivity index (χ1v) is 6.78. The smallest absolute Gasteiger partial charge is 0.139 e. The van der Waals surface area contributed by atoms with E-state index in [0.29, 0.717) is 5.69 Å². The molecule has 0 heterocycles. The van der Waals surface area contributed by atoms with Crippen LogP contribution >= 0.6 is 0 Å². The van der Waals surface area contributed by atoms with Crippen molar-refractivity contribution in [3.8, 4) is 5.75 Å². The van der Waals surface area contributed by atoms with Crippen LogP contribution in [0.1, 0.15) is 0 Å². The number of hydrogen-bond donors (Lipinski definition) is 3. The lowest BCUT2D eigenvalue weighted by atomic mass is 10.2. The third-order valence-electron chi connectivity index (χ3n) is 3.13. The van der Waals surface area contributed by atoms with Crippen molar-refractivity contribution in [1.29, 1.82) is 0 Å². The Hall–Kier alpha value is -2.94. The Morgan fingerprint density at radius 2 is 1.05 bits per heavy atom. The highest BCUT2D eigenvalue weighted by Gasteiger charge is 2.00. The topological polar surface area (TPSA) is 44.3 Å². The Kier molecular flexibility index (Phi) is 3.74. The fraction of sp³-hybridized carbons (Fsp3) is 0. The van der Waals surface area contributed by atoms with Crippen LogP contribution in [-0.2, 0) is 0 Å². The lowest BCUT2D eigenvalue weighted by molar-refractivity contribution is 0.478. The number of rotatable bonds is 4. The van der Waals surface area contributed by atoms with E-state index in [1.54, 1.807) is 12.1 Å². The predicted octanol–water partition coefficient (Wildman–Crippen LogP) is 4.88. The minimum absolute atomic E-state index is 0.240. The van der Waals surface area contributed by atoms with E-state index in [2.05, 4.69) is 10.6 Å². The van der Waals surface area contributed by atoms with Crippen LogP contribution in [0.4, 0.5) is 22.7 Å². The third-order valence-corrected chi connectivity index (χ3v) is 3.13. The maximum atomic E-state index is 9.75. The van der Waals surface area contributed by atoms with E-state index >= 15 is 0 Å². The molecule has 0 aliphatic rings. The zero-order chi connectivity index (χ0) is 14.5. The molecule has 0 aromatic heterocycles. The maximum Gasteiger partial charge on any atom is 0.139 e. The van der Waals surface area contributed by atoms with Crippen molar-refractivity contribution in [2.75, 3.05) is 10.6 Å². The Balaban J connectivity index is 1.71. The van der Waals surface area contributed by atoms with E-state index in [1.807, 2.05) is 66.7 Å². The SMILES string of the molecule is Oc1ccccc1Nc1ccc(Nc2ccccc2)cc1. The molecule has 3 N–H and O–H groups in total. The van der Waals surface area contributed by atoms with Crippen molar-refractivity contribution in [2.24, 2.45) is 0 Å². The molecule has 0 spiro atoms. The quantitative estimate of drug-likeness (QED) is 0.595. The van der Waals surface area contributed by atoms with E-state index in [1.165, 1.54) is 0 Å². The molecular weight excluding hydrogens is 260 g/mol. The standard InChI is InChI=1S/C18H16N2O/c21-18-9-5-4-8-17(18)20-16-12-10-15(11-13-16)19-14-6-2-1-3-7-14/h1-13,19-21H. The van der Waals surface area contributed by atoms with Crippen LogP contribution in [0.25, 0.3) is 0 Å². The molecule has 3 rings (SSSR count). The minimum atomic E-state index is 0.240. The van der Waals surface area contributed by atoms with Crippen LogP contribution < -0.4 is 10.6 Å². The van der Waals surface area contributed by atoms with Gasteiger partial charge in [0.25, 0.3) is 0 Å². The van der Waals surface area contributed by atoms with Gasteiger partial charge in [-0.15, -0.1) is 0 Å². The maximum absolute atomic E-state index is 9.75. The fourth-order valence-corrected chi connectivity index (χ4v) is 2.06. The molecule has 3 heteroatoms. The van der Waals surface area contributed by atoms with Gasteiger partial charge < -0.3 is 15.7 Å². The van der Waals surface area contributed by atoms with Gasteiger partial charge in [0.15, 0.2) is 0 Å². The van der Waals surface area contributed by atoms with Crippen molar-refractivity contribution < 1.29 is 5.11 Å². The van der Waals surface area contributed by atoms with Gasteiger partial charge >= 0.3 is 0 Å². The molecule has 0 bridgehead atoms. The number of hydrogen-bond acceptors (Lipinski definition) is 3. The summed E-state index contributed by atoms with van der Waals surface area (Å²) >= 11 is 0. The summed E-state index contributed by atoms with van der Waals surface area (Å²) in [5.74, 6) is 0.240. The molecule has 0 aliphatic heterocycles. The molecule has 21 heavy (non-hydrogen) atoms. The second-order valence-corrected chi connectivity index (χ2v) is 4.71. The van der Waals surface area contributed by atoms with Crippen LogP contribution in [0.15, 0.2) is 78.9 Å². The van der Waals surface area contributed by atoms with E-state index < -0.39 is 0 Å². The van der Waals surface area contributed by atoms with Gasteiger partial charge in [-0.3, -0.25) is 0 Å². The van der Waals surface area contributed by atoms with Gasteiger partial charge in [-0.1, -0.05) is 30.3 Å². The largest absolute Gasteiger partial charge is 0.506 e. The molecule has 0 amide bonds. The highest BCUT2D eigenvalue weighted by atomic mass is 16.3. The van der Waals surface area contributed by atoms with Gasteiger partial charge in [0.05, 0.1) is 5.69 Å². The Morgan fingerprint density at radius 1 is 0.524 bits per heavy atom. The average molecular weight is 276 g/mol. The monoisotopic (exact) mass is 276 g/mol. The summed E-state index contributed by atoms with van der Waals surface area (Å²) in [5.41, 5.74) is 3.69. The summed E-state index contributed by atoms with van der Waals surface area (Å²) < 4.78 is 0. The summed E-state index contributed by atoms with van der Waals surface area (Å²) in [6.07, 6.45) is 0. The van der Waals surface area contributed by atoms with E-state index in [4.69, 9.17) is 0 Å². The van der Waals surface area contributed by atoms with Crippen molar-refractivity contribution >= 4 is 22.7 Å². The Morgan fingerprint density at radius 3 is 1.71 bits per heavy atom. The highest BCUT2D eigenvalue weighted by molar-refractivity contribution is 5.68. The van der Waals surface area contributed by atoms with Gasteiger partial charge in [-0.25, -0.2) is 0 Å². The van der Waals surface area contributed by atoms with Crippen molar-refractivity contribution in [1.82, 2.24) is 0 Å². The summed E-state index contributed by atoms with van der Waals surface area (Å²) in [5, 5.41) is 16.3. The molecule has 0 aliphatic carbocycles. The predicted molar refractivity (Wildman–Crippen MR) is 87.6 cm³/mol. The second-order valence-electron chi connectivity index (χ2n) is 4.71. The fourth-order valence-electron chi connectivity index (χ4n) is 2.06. The van der Waals surface area contributed by atoms with Crippen LogP contribution in [0.3, 0.4) is 0 Å². The van der Waals surface area contributed by atoms with Gasteiger partial charge in [0, 0.05) is 17.1 Å². The molecule has 0 unspecified atom stereocenters. The first-order chi connectivity index (χ1) is 10.3. The lowest BCUT2D eigenvalue weighted by Crippen LogP contribution is -1.92. The first-order valence-electron chi connectivity index (χ1n) is 6.78. The van der Waals surface area contributed by atoms with E-state index in [9.17, 15) is 5.11 Å². The molecular formula is C18H16N2O. The van der Waals surface area contributed by atoms with Gasteiger partial charge in [0.2, 0.25) is 0 Å². The van der Waals surface area contributed by atoms with Crippen molar-refractivity contribution in [3.63, 3.8) is 0 Å². The number of phenols is 1. The normalized spacial score (nSPS) is 10.1. The number of phenolic OH excluding ortho intramolecular Hbond substituents is 1. The van der Waals surface area contributed by atoms with Crippen LogP contribution in [0, 0.1) is 0 Å². The summed E-state index contributed by atoms with van der Waals surface area (Å²) in [6, 6.07) is 25.1. The number of benzene rings is 3. The van der Waals surface area contributed by atoms with Gasteiger partial charge in [0.1, 0.15) is 5.75 Å². The third kappa shape index (κ3) is 3.34. The molecule has 0 radical (unpaired) electrons. The molecule has 3 aromatic rings. The van der Waals surface area contributed by atoms with Crippen LogP contribution in [0.5, 0.6) is 5.75 Å². The van der Waals surface area contributed by atoms with Crippen LogP contribution in [0.2, 0.25) is 0 Å². The molecule has 3 aromatic carbocycles. The first kappa shape index (κ1) is 13.1. The zero-order valence-corrected chi connectivity index (χ0v) is 11.5. The molecule has 3 nitrogen and oxygen atoms in total. The van der Waals surface area contributed by atoms with E-state index in [0.717, 1.165) is 17.1 Å². The lowest BCUT2D eigenvalue weighted by Gasteiger charge is -2.10. The molecule has 104 valence electrons. The number of nitrogens with one attached hydrogen (secondary N) is 2. The Labute approximate surface area is 123 Å². The number of para-hydroxylation sites is 3. The summed E-state index contributed by atoms with van der Waals surface area (Å²) in [7, 11) is 0. The summed E-state index contributed by atoms with van der Waals surface area (Å²) in [4.78, 5) is 0. The second kappa shape index (κ2) is 6.01. The van der Waals surface area contributed by atoms with Crippen molar-refractivity contribution in [2.45, 2.75) is 0 Å². The van der Waals surface area contributed by atoms with Crippen molar-refractivity contribution in [3.05, 3.63) is 78.9 Å². The average Bonchev–Trinajstić information content (AvgIpc) is 2.52. The number of anilines is 4. The van der Waals surface area contributed by atoms with Crippen LogP contribution in [-0.4, -0.2) is 5.11 Å². The highest BCUT2D eigenvalue weighted by Crippen LogP contribution is 2.27. The minimum Gasteiger partial charge on any atom is -0.506 e. The Bertz CT molecular complexity index is 709. The number of aromatic hydroxyl groups is 1.